The number of ether oxygens (including phenoxy) is 4. The number of aliphatic hydroxyl groups excluding tert-OH is 1. The molecular formula is C28H31NO6. The van der Waals surface area contributed by atoms with Crippen LogP contribution in [-0.2, 0) is 20.7 Å². The summed E-state index contributed by atoms with van der Waals surface area (Å²) in [4.78, 5) is 15.8. The van der Waals surface area contributed by atoms with Crippen LogP contribution in [-0.4, -0.2) is 60.7 Å². The Morgan fingerprint density at radius 3 is 2.71 bits per heavy atom. The molecule has 1 fully saturated rings. The number of benzene rings is 2. The van der Waals surface area contributed by atoms with Crippen molar-refractivity contribution >= 4 is 5.97 Å². The van der Waals surface area contributed by atoms with E-state index in [-0.39, 0.29) is 18.2 Å². The van der Waals surface area contributed by atoms with Crippen LogP contribution >= 0.6 is 0 Å². The number of methoxy groups -OCH3 is 1. The van der Waals surface area contributed by atoms with Gasteiger partial charge in [-0.15, -0.1) is 0 Å². The summed E-state index contributed by atoms with van der Waals surface area (Å²) in [7, 11) is 1.62. The minimum absolute atomic E-state index is 0.157. The molecule has 6 rings (SSSR count). The first kappa shape index (κ1) is 22.4. The van der Waals surface area contributed by atoms with Crippen molar-refractivity contribution in [2.24, 2.45) is 0 Å². The fraction of sp³-hybridized carbons (Fsp3) is 0.464. The Labute approximate surface area is 205 Å². The third-order valence-corrected chi connectivity index (χ3v) is 8.25. The van der Waals surface area contributed by atoms with Gasteiger partial charge < -0.3 is 24.1 Å². The van der Waals surface area contributed by atoms with Crippen molar-refractivity contribution in [1.82, 2.24) is 4.90 Å². The van der Waals surface area contributed by atoms with Gasteiger partial charge in [-0.1, -0.05) is 37.3 Å². The number of nitrogens with zero attached hydrogens (tertiary/aromatic N) is 1. The summed E-state index contributed by atoms with van der Waals surface area (Å²) in [6, 6.07) is 13.7. The maximum absolute atomic E-state index is 13.3. The number of fused-ring (bicyclic) bond motifs is 3. The highest BCUT2D eigenvalue weighted by atomic mass is 16.7. The van der Waals surface area contributed by atoms with Gasteiger partial charge in [0.05, 0.1) is 18.6 Å². The number of carbonyl (C=O) groups excluding carboxylic acids is 1. The number of hydrogen-bond donors (Lipinski definition) is 1. The van der Waals surface area contributed by atoms with Crippen molar-refractivity contribution in [3.63, 3.8) is 0 Å². The van der Waals surface area contributed by atoms with E-state index in [0.29, 0.717) is 5.76 Å². The van der Waals surface area contributed by atoms with E-state index in [2.05, 4.69) is 23.1 Å². The Morgan fingerprint density at radius 2 is 1.94 bits per heavy atom. The van der Waals surface area contributed by atoms with E-state index in [1.54, 1.807) is 7.11 Å². The van der Waals surface area contributed by atoms with Crippen LogP contribution in [0.15, 0.2) is 54.3 Å². The Morgan fingerprint density at radius 1 is 1.17 bits per heavy atom. The second-order valence-corrected chi connectivity index (χ2v) is 9.97. The number of rotatable bonds is 5. The van der Waals surface area contributed by atoms with Crippen molar-refractivity contribution in [1.29, 1.82) is 0 Å². The van der Waals surface area contributed by atoms with Gasteiger partial charge in [0.25, 0.3) is 0 Å². The highest BCUT2D eigenvalue weighted by Crippen LogP contribution is 2.55. The predicted octanol–water partition coefficient (Wildman–Crippen LogP) is 3.51. The maximum Gasteiger partial charge on any atom is 0.336 e. The van der Waals surface area contributed by atoms with Crippen LogP contribution < -0.4 is 9.47 Å². The molecule has 0 aromatic heterocycles. The van der Waals surface area contributed by atoms with Crippen molar-refractivity contribution in [3.8, 4) is 11.5 Å². The molecular weight excluding hydrogens is 446 g/mol. The lowest BCUT2D eigenvalue weighted by Gasteiger charge is -2.39. The average Bonchev–Trinajstić information content (AvgIpc) is 3.57. The van der Waals surface area contributed by atoms with E-state index >= 15 is 0 Å². The first-order valence-electron chi connectivity index (χ1n) is 12.4. The number of esters is 1. The van der Waals surface area contributed by atoms with E-state index in [1.807, 2.05) is 37.3 Å². The lowest BCUT2D eigenvalue weighted by molar-refractivity contribution is -0.161. The van der Waals surface area contributed by atoms with Gasteiger partial charge in [0.15, 0.2) is 23.7 Å². The van der Waals surface area contributed by atoms with Gasteiger partial charge in [0, 0.05) is 12.5 Å². The van der Waals surface area contributed by atoms with Gasteiger partial charge in [0.2, 0.25) is 6.79 Å². The Balaban J connectivity index is 1.37. The van der Waals surface area contributed by atoms with E-state index in [4.69, 9.17) is 18.9 Å². The Hall–Kier alpha value is -3.03. The monoisotopic (exact) mass is 477 g/mol. The van der Waals surface area contributed by atoms with Gasteiger partial charge in [-0.25, -0.2) is 4.79 Å². The molecule has 3 heterocycles. The van der Waals surface area contributed by atoms with Crippen molar-refractivity contribution in [2.75, 3.05) is 27.0 Å². The molecule has 0 bridgehead atoms. The Bertz CT molecular complexity index is 1160. The summed E-state index contributed by atoms with van der Waals surface area (Å²) >= 11 is 0. The van der Waals surface area contributed by atoms with E-state index in [0.717, 1.165) is 55.0 Å². The van der Waals surface area contributed by atoms with E-state index in [1.165, 1.54) is 5.56 Å². The van der Waals surface area contributed by atoms with Gasteiger partial charge in [-0.05, 0) is 60.7 Å². The minimum Gasteiger partial charge on any atom is -0.497 e. The number of aliphatic hydroxyl groups is 1. The quantitative estimate of drug-likeness (QED) is 0.661. The van der Waals surface area contributed by atoms with Crippen molar-refractivity contribution in [3.05, 3.63) is 71.0 Å². The molecule has 1 aliphatic carbocycles. The molecule has 2 aromatic rings. The zero-order valence-electron chi connectivity index (χ0n) is 20.1. The zero-order chi connectivity index (χ0) is 24.2. The smallest absolute Gasteiger partial charge is 0.336 e. The van der Waals surface area contributed by atoms with Crippen LogP contribution in [0.25, 0.3) is 0 Å². The largest absolute Gasteiger partial charge is 0.497 e. The molecule has 0 amide bonds. The first-order valence-corrected chi connectivity index (χ1v) is 12.4. The standard InChI is InChI=1S/C28H31NO6/c1-17(18-7-4-3-5-8-18)25(30)27(31)35-26-23(32-2)15-28-10-6-11-29(28)12-9-19-13-21-22(34-16-33-21)14-20(19)24(26)28/h3-5,7-8,13-15,17,24-26,30H,6,9-12,16H2,1-2H3/t17?,24-,25?,26?,28+/m1/s1. The predicted molar refractivity (Wildman–Crippen MR) is 128 cm³/mol. The maximum atomic E-state index is 13.3. The first-order chi connectivity index (χ1) is 17.0. The van der Waals surface area contributed by atoms with Crippen LogP contribution in [0, 0.1) is 0 Å². The molecule has 0 saturated carbocycles. The molecule has 7 nitrogen and oxygen atoms in total. The van der Waals surface area contributed by atoms with Crippen LogP contribution in [0.1, 0.15) is 48.3 Å². The van der Waals surface area contributed by atoms with Crippen molar-refractivity contribution < 1.29 is 28.8 Å². The summed E-state index contributed by atoms with van der Waals surface area (Å²) in [5.74, 6) is 0.933. The molecule has 3 unspecified atom stereocenters. The third kappa shape index (κ3) is 3.52. The lowest BCUT2D eigenvalue weighted by atomic mass is 9.77. The molecule has 4 aliphatic rings. The summed E-state index contributed by atoms with van der Waals surface area (Å²) in [5, 5.41) is 10.9. The summed E-state index contributed by atoms with van der Waals surface area (Å²) in [5.41, 5.74) is 2.87. The summed E-state index contributed by atoms with van der Waals surface area (Å²) < 4.78 is 23.3. The lowest BCUT2D eigenvalue weighted by Crippen LogP contribution is -2.47. The van der Waals surface area contributed by atoms with Crippen LogP contribution in [0.5, 0.6) is 11.5 Å². The number of hydrogen-bond acceptors (Lipinski definition) is 7. The van der Waals surface area contributed by atoms with E-state index in [9.17, 15) is 9.90 Å². The normalized spacial score (nSPS) is 28.3. The average molecular weight is 478 g/mol. The SMILES string of the molecule is COC1=C[C@]23CCCN2CCc2cc4c(cc2[C@@H]3C1OC(=O)C(O)C(C)c1ccccc1)OCO4. The molecule has 2 aromatic carbocycles. The fourth-order valence-corrected chi connectivity index (χ4v) is 6.43. The summed E-state index contributed by atoms with van der Waals surface area (Å²) in [6.07, 6.45) is 3.15. The van der Waals surface area contributed by atoms with Gasteiger partial charge in [0.1, 0.15) is 5.76 Å². The molecule has 1 N–H and O–H groups in total. The molecule has 1 spiro atoms. The fourth-order valence-electron chi connectivity index (χ4n) is 6.43. The van der Waals surface area contributed by atoms with Gasteiger partial charge in [-0.2, -0.15) is 0 Å². The molecule has 7 heteroatoms. The molecule has 5 atom stereocenters. The topological polar surface area (TPSA) is 77.5 Å². The van der Waals surface area contributed by atoms with Crippen LogP contribution in [0.4, 0.5) is 0 Å². The molecule has 3 aliphatic heterocycles. The minimum atomic E-state index is -1.28. The highest BCUT2D eigenvalue weighted by molar-refractivity contribution is 5.76. The number of carbonyl (C=O) groups is 1. The van der Waals surface area contributed by atoms with E-state index < -0.39 is 24.1 Å². The molecule has 1 saturated heterocycles. The highest BCUT2D eigenvalue weighted by Gasteiger charge is 2.58. The second kappa shape index (κ2) is 8.57. The van der Waals surface area contributed by atoms with Gasteiger partial charge >= 0.3 is 5.97 Å². The zero-order valence-corrected chi connectivity index (χ0v) is 20.1. The Kier molecular flexibility index (Phi) is 5.49. The molecule has 184 valence electrons. The van der Waals surface area contributed by atoms with Crippen LogP contribution in [0.2, 0.25) is 0 Å². The molecule has 35 heavy (non-hydrogen) atoms. The van der Waals surface area contributed by atoms with Crippen LogP contribution in [0.3, 0.4) is 0 Å². The van der Waals surface area contributed by atoms with Gasteiger partial charge in [-0.3, -0.25) is 4.90 Å². The second-order valence-electron chi connectivity index (χ2n) is 9.97. The molecule has 0 radical (unpaired) electrons. The van der Waals surface area contributed by atoms with Crippen molar-refractivity contribution in [2.45, 2.75) is 55.8 Å². The third-order valence-electron chi connectivity index (χ3n) is 8.25. The summed E-state index contributed by atoms with van der Waals surface area (Å²) in [6.45, 7) is 3.94.